The van der Waals surface area contributed by atoms with Gasteiger partial charge < -0.3 is 40.3 Å². The lowest BCUT2D eigenvalue weighted by atomic mass is 9.99. The van der Waals surface area contributed by atoms with Gasteiger partial charge in [-0.15, -0.1) is 0 Å². The molecule has 1 rings (SSSR count). The predicted molar refractivity (Wildman–Crippen MR) is 313 cm³/mol. The van der Waals surface area contributed by atoms with Crippen LogP contribution in [0.15, 0.2) is 146 Å². The molecule has 0 aromatic carbocycles. The maximum Gasteiger partial charge on any atom is 0.220 e. The highest BCUT2D eigenvalue weighted by Crippen LogP contribution is 2.22. The summed E-state index contributed by atoms with van der Waals surface area (Å²) in [5.41, 5.74) is 0. The van der Waals surface area contributed by atoms with Crippen molar-refractivity contribution in [2.45, 2.75) is 243 Å². The molecule has 1 saturated heterocycles. The van der Waals surface area contributed by atoms with Crippen molar-refractivity contribution >= 4 is 5.91 Å². The van der Waals surface area contributed by atoms with Crippen molar-refractivity contribution in [1.82, 2.24) is 5.32 Å². The molecule has 1 aliphatic heterocycles. The third-order valence-corrected chi connectivity index (χ3v) is 12.6. The number of aliphatic hydroxyl groups is 5. The molecule has 0 aromatic heterocycles. The lowest BCUT2D eigenvalue weighted by molar-refractivity contribution is -0.302. The van der Waals surface area contributed by atoms with Crippen LogP contribution in [0.3, 0.4) is 0 Å². The first kappa shape index (κ1) is 68.1. The van der Waals surface area contributed by atoms with Gasteiger partial charge in [0.05, 0.1) is 25.4 Å². The van der Waals surface area contributed by atoms with Gasteiger partial charge in [-0.05, 0) is 116 Å². The maximum absolute atomic E-state index is 13.0. The second-order valence-corrected chi connectivity index (χ2v) is 19.3. The van der Waals surface area contributed by atoms with Crippen LogP contribution < -0.4 is 5.32 Å². The van der Waals surface area contributed by atoms with Crippen LogP contribution >= 0.6 is 0 Å². The normalized spacial score (nSPS) is 20.1. The summed E-state index contributed by atoms with van der Waals surface area (Å²) >= 11 is 0. The van der Waals surface area contributed by atoms with Gasteiger partial charge in [0.25, 0.3) is 0 Å². The number of ether oxygens (including phenoxy) is 2. The number of hydrogen-bond acceptors (Lipinski definition) is 8. The molecule has 74 heavy (non-hydrogen) atoms. The third kappa shape index (κ3) is 41.3. The Hall–Kier alpha value is -3.93. The van der Waals surface area contributed by atoms with Gasteiger partial charge in [0.2, 0.25) is 5.91 Å². The lowest BCUT2D eigenvalue weighted by Crippen LogP contribution is -2.60. The van der Waals surface area contributed by atoms with Gasteiger partial charge in [-0.3, -0.25) is 4.79 Å². The van der Waals surface area contributed by atoms with Gasteiger partial charge in [0.15, 0.2) is 6.29 Å². The molecule has 7 atom stereocenters. The Morgan fingerprint density at radius 1 is 0.473 bits per heavy atom. The highest BCUT2D eigenvalue weighted by Gasteiger charge is 2.44. The first-order valence-electron chi connectivity index (χ1n) is 29.1. The molecule has 0 radical (unpaired) electrons. The molecule has 9 nitrogen and oxygen atoms in total. The van der Waals surface area contributed by atoms with Crippen molar-refractivity contribution in [3.05, 3.63) is 146 Å². The molecule has 418 valence electrons. The highest BCUT2D eigenvalue weighted by atomic mass is 16.7. The Morgan fingerprint density at radius 3 is 1.30 bits per heavy atom. The minimum Gasteiger partial charge on any atom is -0.394 e. The summed E-state index contributed by atoms with van der Waals surface area (Å²) in [6, 6.07) is -0.859. The third-order valence-electron chi connectivity index (χ3n) is 12.6. The minimum absolute atomic E-state index is 0.229. The number of unbranched alkanes of at least 4 members (excludes halogenated alkanes) is 15. The van der Waals surface area contributed by atoms with E-state index in [-0.39, 0.29) is 18.9 Å². The monoisotopic (exact) mass is 1030 g/mol. The van der Waals surface area contributed by atoms with E-state index in [1.165, 1.54) is 64.2 Å². The summed E-state index contributed by atoms with van der Waals surface area (Å²) in [4.78, 5) is 13.0. The zero-order valence-electron chi connectivity index (χ0n) is 46.3. The number of carbonyl (C=O) groups is 1. The van der Waals surface area contributed by atoms with Crippen molar-refractivity contribution in [2.24, 2.45) is 0 Å². The summed E-state index contributed by atoms with van der Waals surface area (Å²) in [6.07, 6.45) is 74.8. The molecule has 1 aliphatic rings. The summed E-state index contributed by atoms with van der Waals surface area (Å²) in [6.45, 7) is 3.61. The quantitative estimate of drug-likeness (QED) is 0.0261. The standard InChI is InChI=1S/C65H105NO8/c1-3-5-7-9-11-13-15-17-19-21-23-25-26-27-28-29-30-31-32-33-34-35-37-39-41-43-45-47-49-51-53-55-61(69)66-58(57-73-65-64(72)63(71)62(70)60(56-67)74-65)59(68)54-52-50-48-46-44-42-40-38-36-24-22-20-18-16-14-12-10-8-6-4-2/h5,7,11,13,17,19,23,25,27-28,30-31,33-34,36-39,43-46,52,54,58-60,62-65,67-68,70-72H,3-4,6,8-10,12,14-16,18,20-22,24,26,29,32,35,40-42,47-51,53,55-57H2,1-2H3,(H,66,69)/b7-5-,13-11-,19-17-,25-23-,28-27-,31-30-,34-33-,38-36+,39-37-,45-43-,46-44+,54-52+. The van der Waals surface area contributed by atoms with Crippen LogP contribution in [0.1, 0.15) is 200 Å². The molecule has 1 amide bonds. The Labute approximate surface area is 451 Å². The average Bonchev–Trinajstić information content (AvgIpc) is 3.40. The Balaban J connectivity index is 2.32. The van der Waals surface area contributed by atoms with Gasteiger partial charge >= 0.3 is 0 Å². The van der Waals surface area contributed by atoms with Gasteiger partial charge in [-0.2, -0.15) is 0 Å². The van der Waals surface area contributed by atoms with Crippen molar-refractivity contribution in [3.8, 4) is 0 Å². The van der Waals surface area contributed by atoms with E-state index in [0.717, 1.165) is 103 Å². The van der Waals surface area contributed by atoms with Crippen LogP contribution in [-0.4, -0.2) is 87.5 Å². The Morgan fingerprint density at radius 2 is 0.851 bits per heavy atom. The number of aliphatic hydroxyl groups excluding tert-OH is 5. The number of rotatable bonds is 47. The van der Waals surface area contributed by atoms with Crippen LogP contribution in [0.25, 0.3) is 0 Å². The van der Waals surface area contributed by atoms with Crippen molar-refractivity contribution in [1.29, 1.82) is 0 Å². The van der Waals surface area contributed by atoms with Crippen molar-refractivity contribution < 1.29 is 39.8 Å². The first-order chi connectivity index (χ1) is 36.3. The van der Waals surface area contributed by atoms with E-state index in [2.05, 4.69) is 153 Å². The summed E-state index contributed by atoms with van der Waals surface area (Å²) in [5, 5.41) is 54.4. The smallest absolute Gasteiger partial charge is 0.220 e. The van der Waals surface area contributed by atoms with Crippen molar-refractivity contribution in [2.75, 3.05) is 13.2 Å². The zero-order valence-corrected chi connectivity index (χ0v) is 46.3. The number of hydrogen-bond donors (Lipinski definition) is 6. The topological polar surface area (TPSA) is 149 Å². The molecule has 7 unspecified atom stereocenters. The van der Waals surface area contributed by atoms with E-state index in [9.17, 15) is 30.3 Å². The number of nitrogens with one attached hydrogen (secondary N) is 1. The fraction of sp³-hybridized carbons (Fsp3) is 0.615. The number of allylic oxidation sites excluding steroid dienone is 23. The number of carbonyl (C=O) groups excluding carboxylic acids is 1. The molecule has 1 fully saturated rings. The van der Waals surface area contributed by atoms with E-state index in [1.807, 2.05) is 6.08 Å². The fourth-order valence-electron chi connectivity index (χ4n) is 8.06. The summed E-state index contributed by atoms with van der Waals surface area (Å²) in [7, 11) is 0. The van der Waals surface area contributed by atoms with Crippen LogP contribution in [0.4, 0.5) is 0 Å². The second kappa shape index (κ2) is 52.5. The van der Waals surface area contributed by atoms with Crippen molar-refractivity contribution in [3.63, 3.8) is 0 Å². The predicted octanol–water partition coefficient (Wildman–Crippen LogP) is 14.7. The maximum atomic E-state index is 13.0. The van der Waals surface area contributed by atoms with E-state index in [1.54, 1.807) is 6.08 Å². The zero-order chi connectivity index (χ0) is 53.6. The lowest BCUT2D eigenvalue weighted by Gasteiger charge is -2.40. The van der Waals surface area contributed by atoms with Gasteiger partial charge in [-0.25, -0.2) is 0 Å². The van der Waals surface area contributed by atoms with Crippen LogP contribution in [0.5, 0.6) is 0 Å². The summed E-state index contributed by atoms with van der Waals surface area (Å²) < 4.78 is 11.2. The molecular weight excluding hydrogens is 923 g/mol. The molecule has 9 heteroatoms. The minimum atomic E-state index is -1.59. The highest BCUT2D eigenvalue weighted by molar-refractivity contribution is 5.76. The van der Waals surface area contributed by atoms with Crippen LogP contribution in [0.2, 0.25) is 0 Å². The van der Waals surface area contributed by atoms with E-state index < -0.39 is 49.5 Å². The Bertz CT molecular complexity index is 1660. The second-order valence-electron chi connectivity index (χ2n) is 19.3. The van der Waals surface area contributed by atoms with E-state index in [4.69, 9.17) is 9.47 Å². The first-order valence-corrected chi connectivity index (χ1v) is 29.1. The summed E-state index contributed by atoms with van der Waals surface area (Å²) in [5.74, 6) is -0.229. The molecule has 0 aliphatic carbocycles. The molecule has 0 bridgehead atoms. The Kier molecular flexibility index (Phi) is 48.3. The van der Waals surface area contributed by atoms with Gasteiger partial charge in [-0.1, -0.05) is 224 Å². The van der Waals surface area contributed by atoms with Gasteiger partial charge in [0, 0.05) is 6.42 Å². The molecule has 0 aromatic rings. The van der Waals surface area contributed by atoms with E-state index in [0.29, 0.717) is 12.8 Å². The SMILES string of the molecule is CC/C=C\C/C=C\C/C=C\C/C=C\C/C=C\C/C=C\C/C=C\C/C=C\C/C=C\CCCCCC(=O)NC(COC1OC(CO)C(O)C(O)C1O)C(O)/C=C/CC/C=C/CC/C=C/CCCCCCCCCCCC. The molecule has 6 N–H and O–H groups in total. The van der Waals surface area contributed by atoms with Crippen LogP contribution in [0, 0.1) is 0 Å². The van der Waals surface area contributed by atoms with Gasteiger partial charge in [0.1, 0.15) is 24.4 Å². The molecule has 0 spiro atoms. The van der Waals surface area contributed by atoms with E-state index >= 15 is 0 Å². The molecule has 1 heterocycles. The molecule has 0 saturated carbocycles. The average molecular weight is 1030 g/mol. The van der Waals surface area contributed by atoms with Crippen LogP contribution in [-0.2, 0) is 14.3 Å². The molecular formula is C65H105NO8. The largest absolute Gasteiger partial charge is 0.394 e. The number of amides is 1. The fourth-order valence-corrected chi connectivity index (χ4v) is 8.06.